The van der Waals surface area contributed by atoms with Gasteiger partial charge in [0.1, 0.15) is 5.69 Å². The molecule has 0 aliphatic carbocycles. The topological polar surface area (TPSA) is 46.9 Å². The van der Waals surface area contributed by atoms with Crippen LogP contribution in [0.1, 0.15) is 15.9 Å². The molecule has 5 heteroatoms. The van der Waals surface area contributed by atoms with Crippen LogP contribution in [0.3, 0.4) is 0 Å². The molecule has 0 fully saturated rings. The molecule has 0 saturated carbocycles. The second-order valence-electron chi connectivity index (χ2n) is 6.50. The molecule has 0 radical (unpaired) electrons. The van der Waals surface area contributed by atoms with E-state index in [4.69, 9.17) is 11.6 Å². The first-order chi connectivity index (χ1) is 13.6. The summed E-state index contributed by atoms with van der Waals surface area (Å²) >= 11 is 6.02. The smallest absolute Gasteiger partial charge is 0.259 e. The van der Waals surface area contributed by atoms with E-state index in [0.29, 0.717) is 16.3 Å². The van der Waals surface area contributed by atoms with Gasteiger partial charge in [0.25, 0.3) is 5.91 Å². The lowest BCUT2D eigenvalue weighted by atomic mass is 10.1. The Morgan fingerprint density at radius 3 is 2.43 bits per heavy atom. The molecule has 0 atom stereocenters. The van der Waals surface area contributed by atoms with E-state index in [1.165, 1.54) is 0 Å². The summed E-state index contributed by atoms with van der Waals surface area (Å²) < 4.78 is 1.72. The molecule has 138 valence electrons. The van der Waals surface area contributed by atoms with Crippen molar-refractivity contribution in [3.05, 3.63) is 101 Å². The lowest BCUT2D eigenvalue weighted by Gasteiger charge is -2.06. The zero-order chi connectivity index (χ0) is 19.5. The summed E-state index contributed by atoms with van der Waals surface area (Å²) in [6.07, 6.45) is 1.75. The molecule has 3 aromatic carbocycles. The number of benzene rings is 3. The Morgan fingerprint density at radius 1 is 0.964 bits per heavy atom. The zero-order valence-corrected chi connectivity index (χ0v) is 16.0. The van der Waals surface area contributed by atoms with Crippen LogP contribution in [0.2, 0.25) is 5.02 Å². The summed E-state index contributed by atoms with van der Waals surface area (Å²) in [5.41, 5.74) is 4.63. The van der Waals surface area contributed by atoms with E-state index >= 15 is 0 Å². The van der Waals surface area contributed by atoms with Crippen molar-refractivity contribution in [2.45, 2.75) is 6.92 Å². The van der Waals surface area contributed by atoms with Crippen LogP contribution < -0.4 is 5.32 Å². The molecular formula is C23H18ClN3O. The molecule has 4 nitrogen and oxygen atoms in total. The minimum Gasteiger partial charge on any atom is -0.322 e. The number of carbonyl (C=O) groups excluding carboxylic acids is 1. The lowest BCUT2D eigenvalue weighted by Crippen LogP contribution is -2.12. The van der Waals surface area contributed by atoms with Gasteiger partial charge in [0.15, 0.2) is 0 Å². The number of hydrogen-bond donors (Lipinski definition) is 1. The van der Waals surface area contributed by atoms with Gasteiger partial charge in [-0.25, -0.2) is 4.68 Å². The fourth-order valence-corrected chi connectivity index (χ4v) is 3.12. The summed E-state index contributed by atoms with van der Waals surface area (Å²) in [6.45, 7) is 1.99. The van der Waals surface area contributed by atoms with E-state index in [1.807, 2.05) is 73.7 Å². The Morgan fingerprint density at radius 2 is 1.71 bits per heavy atom. The Balaban J connectivity index is 1.76. The molecule has 1 heterocycles. The van der Waals surface area contributed by atoms with E-state index in [9.17, 15) is 4.79 Å². The highest BCUT2D eigenvalue weighted by molar-refractivity contribution is 6.30. The predicted octanol–water partition coefficient (Wildman–Crippen LogP) is 5.75. The van der Waals surface area contributed by atoms with Gasteiger partial charge in [0.05, 0.1) is 11.3 Å². The average molecular weight is 388 g/mol. The third-order valence-electron chi connectivity index (χ3n) is 4.37. The molecule has 0 spiro atoms. The SMILES string of the molecule is Cc1cccc(NC(=O)c2cn(-c3ccccc3)nc2-c2ccc(Cl)cc2)c1. The predicted molar refractivity (Wildman–Crippen MR) is 113 cm³/mol. The number of halogens is 1. The van der Waals surface area contributed by atoms with Gasteiger partial charge < -0.3 is 5.32 Å². The third-order valence-corrected chi connectivity index (χ3v) is 4.63. The van der Waals surface area contributed by atoms with Gasteiger partial charge >= 0.3 is 0 Å². The second-order valence-corrected chi connectivity index (χ2v) is 6.94. The number of nitrogens with zero attached hydrogens (tertiary/aromatic N) is 2. The summed E-state index contributed by atoms with van der Waals surface area (Å²) in [7, 11) is 0. The van der Waals surface area contributed by atoms with E-state index in [-0.39, 0.29) is 5.91 Å². The standard InChI is InChI=1S/C23H18ClN3O/c1-16-6-5-7-19(14-16)25-23(28)21-15-27(20-8-3-2-4-9-20)26-22(21)17-10-12-18(24)13-11-17/h2-15H,1H3,(H,25,28). The number of aromatic nitrogens is 2. The molecule has 4 aromatic rings. The molecule has 0 saturated heterocycles. The minimum absolute atomic E-state index is 0.210. The molecule has 0 aliphatic heterocycles. The number of aryl methyl sites for hydroxylation is 1. The Bertz CT molecular complexity index is 1120. The van der Waals surface area contributed by atoms with Crippen molar-refractivity contribution in [1.29, 1.82) is 0 Å². The lowest BCUT2D eigenvalue weighted by molar-refractivity contribution is 0.102. The summed E-state index contributed by atoms with van der Waals surface area (Å²) in [5.74, 6) is -0.210. The van der Waals surface area contributed by atoms with Gasteiger partial charge in [-0.2, -0.15) is 5.10 Å². The summed E-state index contributed by atoms with van der Waals surface area (Å²) in [5, 5.41) is 8.28. The van der Waals surface area contributed by atoms with Crippen LogP contribution in [0.5, 0.6) is 0 Å². The Kier molecular flexibility index (Phi) is 4.96. The van der Waals surface area contributed by atoms with Gasteiger partial charge in [0, 0.05) is 22.5 Å². The summed E-state index contributed by atoms with van der Waals surface area (Å²) in [6, 6.07) is 24.7. The fraction of sp³-hybridized carbons (Fsp3) is 0.0435. The monoisotopic (exact) mass is 387 g/mol. The molecular weight excluding hydrogens is 370 g/mol. The second kappa shape index (κ2) is 7.71. The third kappa shape index (κ3) is 3.82. The van der Waals surface area contributed by atoms with Crippen LogP contribution in [0.4, 0.5) is 5.69 Å². The normalized spacial score (nSPS) is 10.6. The van der Waals surface area contributed by atoms with Crippen molar-refractivity contribution >= 4 is 23.2 Å². The molecule has 1 N–H and O–H groups in total. The number of para-hydroxylation sites is 1. The number of anilines is 1. The van der Waals surface area contributed by atoms with Gasteiger partial charge in [0.2, 0.25) is 0 Å². The Labute approximate surface area is 168 Å². The number of carbonyl (C=O) groups is 1. The van der Waals surface area contributed by atoms with Crippen molar-refractivity contribution in [3.8, 4) is 16.9 Å². The molecule has 0 bridgehead atoms. The highest BCUT2D eigenvalue weighted by Gasteiger charge is 2.19. The van der Waals surface area contributed by atoms with Crippen LogP contribution in [-0.4, -0.2) is 15.7 Å². The van der Waals surface area contributed by atoms with Crippen LogP contribution in [-0.2, 0) is 0 Å². The highest BCUT2D eigenvalue weighted by Crippen LogP contribution is 2.26. The van der Waals surface area contributed by atoms with Gasteiger partial charge in [-0.15, -0.1) is 0 Å². The molecule has 28 heavy (non-hydrogen) atoms. The molecule has 0 unspecified atom stereocenters. The van der Waals surface area contributed by atoms with Crippen molar-refractivity contribution in [1.82, 2.24) is 9.78 Å². The largest absolute Gasteiger partial charge is 0.322 e. The van der Waals surface area contributed by atoms with Gasteiger partial charge in [-0.3, -0.25) is 4.79 Å². The first-order valence-electron chi connectivity index (χ1n) is 8.89. The van der Waals surface area contributed by atoms with Gasteiger partial charge in [-0.05, 0) is 48.9 Å². The molecule has 1 aromatic heterocycles. The minimum atomic E-state index is -0.210. The van der Waals surface area contributed by atoms with Crippen LogP contribution in [0.25, 0.3) is 16.9 Å². The molecule has 0 aliphatic rings. The maximum absolute atomic E-state index is 13.0. The van der Waals surface area contributed by atoms with Crippen molar-refractivity contribution in [3.63, 3.8) is 0 Å². The van der Waals surface area contributed by atoms with Crippen LogP contribution >= 0.6 is 11.6 Å². The number of rotatable bonds is 4. The summed E-state index contributed by atoms with van der Waals surface area (Å²) in [4.78, 5) is 13.0. The van der Waals surface area contributed by atoms with Crippen molar-refractivity contribution in [2.24, 2.45) is 0 Å². The maximum Gasteiger partial charge on any atom is 0.259 e. The highest BCUT2D eigenvalue weighted by atomic mass is 35.5. The maximum atomic E-state index is 13.0. The number of nitrogens with one attached hydrogen (secondary N) is 1. The first-order valence-corrected chi connectivity index (χ1v) is 9.27. The van der Waals surface area contributed by atoms with E-state index in [2.05, 4.69) is 10.4 Å². The van der Waals surface area contributed by atoms with E-state index in [0.717, 1.165) is 22.5 Å². The Hall–Kier alpha value is -3.37. The molecule has 4 rings (SSSR count). The average Bonchev–Trinajstić information content (AvgIpc) is 3.15. The first kappa shape index (κ1) is 18.0. The number of hydrogen-bond acceptors (Lipinski definition) is 2. The van der Waals surface area contributed by atoms with Crippen molar-refractivity contribution in [2.75, 3.05) is 5.32 Å². The van der Waals surface area contributed by atoms with E-state index in [1.54, 1.807) is 23.0 Å². The number of amides is 1. The van der Waals surface area contributed by atoms with E-state index < -0.39 is 0 Å². The van der Waals surface area contributed by atoms with Crippen molar-refractivity contribution < 1.29 is 4.79 Å². The zero-order valence-electron chi connectivity index (χ0n) is 15.3. The van der Waals surface area contributed by atoms with Crippen LogP contribution in [0, 0.1) is 6.92 Å². The quantitative estimate of drug-likeness (QED) is 0.484. The molecule has 1 amide bonds. The fourth-order valence-electron chi connectivity index (χ4n) is 3.00. The van der Waals surface area contributed by atoms with Crippen LogP contribution in [0.15, 0.2) is 85.1 Å². The van der Waals surface area contributed by atoms with Gasteiger partial charge in [-0.1, -0.05) is 54.1 Å².